The Labute approximate surface area is 137 Å². The van der Waals surface area contributed by atoms with E-state index >= 15 is 0 Å². The number of nitrogens with two attached hydrogens (primary N) is 1. The summed E-state index contributed by atoms with van der Waals surface area (Å²) in [6.07, 6.45) is -4.60. The van der Waals surface area contributed by atoms with Crippen molar-refractivity contribution in [1.29, 1.82) is 0 Å². The normalized spacial score (nSPS) is 21.0. The Kier molecular flexibility index (Phi) is 3.51. The largest absolute Gasteiger partial charge is 0.435 e. The monoisotopic (exact) mass is 390 g/mol. The fourth-order valence-electron chi connectivity index (χ4n) is 2.67. The molecule has 0 bridgehead atoms. The van der Waals surface area contributed by atoms with E-state index in [2.05, 4.69) is 26.0 Å². The molecule has 0 spiro atoms. The molecule has 2 heterocycles. The predicted molar refractivity (Wildman–Crippen MR) is 79.4 cm³/mol. The van der Waals surface area contributed by atoms with Crippen LogP contribution in [0.3, 0.4) is 0 Å². The minimum Gasteiger partial charge on any atom is -0.386 e. The van der Waals surface area contributed by atoms with Crippen molar-refractivity contribution < 1.29 is 17.6 Å². The molecular formula is C14H11BrF4N4. The lowest BCUT2D eigenvalue weighted by Crippen LogP contribution is -2.37. The SMILES string of the molecule is CC1(c2cc(Br)ccc2F)N=C(N)Cn2nc(C(F)(F)F)cc21. The van der Waals surface area contributed by atoms with Crippen LogP contribution in [-0.4, -0.2) is 15.6 Å². The van der Waals surface area contributed by atoms with Crippen molar-refractivity contribution in [3.05, 3.63) is 51.5 Å². The number of benzene rings is 1. The third kappa shape index (κ3) is 2.62. The maximum absolute atomic E-state index is 14.3. The molecule has 0 saturated heterocycles. The van der Waals surface area contributed by atoms with Crippen LogP contribution in [0.2, 0.25) is 0 Å². The summed E-state index contributed by atoms with van der Waals surface area (Å²) in [7, 11) is 0. The van der Waals surface area contributed by atoms with Crippen LogP contribution in [0.5, 0.6) is 0 Å². The van der Waals surface area contributed by atoms with Crippen LogP contribution in [0.1, 0.15) is 23.9 Å². The van der Waals surface area contributed by atoms with Gasteiger partial charge in [0.15, 0.2) is 5.69 Å². The van der Waals surface area contributed by atoms with Gasteiger partial charge in [-0.15, -0.1) is 0 Å². The highest BCUT2D eigenvalue weighted by molar-refractivity contribution is 9.10. The number of aromatic nitrogens is 2. The third-order valence-corrected chi connectivity index (χ3v) is 4.19. The van der Waals surface area contributed by atoms with E-state index in [1.807, 2.05) is 0 Å². The van der Waals surface area contributed by atoms with Crippen molar-refractivity contribution >= 4 is 21.8 Å². The summed E-state index contributed by atoms with van der Waals surface area (Å²) < 4.78 is 54.8. The van der Waals surface area contributed by atoms with Crippen molar-refractivity contribution in [2.75, 3.05) is 0 Å². The highest BCUT2D eigenvalue weighted by Crippen LogP contribution is 2.40. The Morgan fingerprint density at radius 3 is 2.65 bits per heavy atom. The van der Waals surface area contributed by atoms with Crippen LogP contribution in [0.25, 0.3) is 0 Å². The van der Waals surface area contributed by atoms with Gasteiger partial charge in [-0.3, -0.25) is 9.67 Å². The Morgan fingerprint density at radius 1 is 1.30 bits per heavy atom. The summed E-state index contributed by atoms with van der Waals surface area (Å²) in [5.74, 6) is -0.508. The zero-order valence-corrected chi connectivity index (χ0v) is 13.4. The van der Waals surface area contributed by atoms with Gasteiger partial charge in [-0.1, -0.05) is 15.9 Å². The number of aliphatic imine (C=N–C) groups is 1. The standard InChI is InChI=1S/C14H11BrF4N4/c1-13(8-4-7(15)2-3-9(8)16)11-5-10(14(17,18)19)22-23(11)6-12(20)21-13/h2-5H,6H2,1H3,(H2,20,21). The molecule has 1 aliphatic rings. The van der Waals surface area contributed by atoms with Crippen molar-refractivity contribution in [2.45, 2.75) is 25.2 Å². The molecule has 1 atom stereocenters. The molecule has 1 aliphatic heterocycles. The van der Waals surface area contributed by atoms with E-state index in [-0.39, 0.29) is 23.6 Å². The van der Waals surface area contributed by atoms with E-state index in [0.29, 0.717) is 4.47 Å². The number of nitrogens with zero attached hydrogens (tertiary/aromatic N) is 3. The van der Waals surface area contributed by atoms with Gasteiger partial charge >= 0.3 is 6.18 Å². The Bertz CT molecular complexity index is 812. The molecule has 1 unspecified atom stereocenters. The number of hydrogen-bond donors (Lipinski definition) is 1. The van der Waals surface area contributed by atoms with Gasteiger partial charge in [0.25, 0.3) is 0 Å². The number of amidine groups is 1. The average Bonchev–Trinajstić information content (AvgIpc) is 2.86. The molecule has 23 heavy (non-hydrogen) atoms. The third-order valence-electron chi connectivity index (χ3n) is 3.70. The summed E-state index contributed by atoms with van der Waals surface area (Å²) in [6, 6.07) is 5.07. The maximum atomic E-state index is 14.3. The second-order valence-electron chi connectivity index (χ2n) is 5.37. The van der Waals surface area contributed by atoms with E-state index in [1.165, 1.54) is 25.1 Å². The molecule has 1 aromatic carbocycles. The zero-order valence-electron chi connectivity index (χ0n) is 11.8. The molecule has 9 heteroatoms. The highest BCUT2D eigenvalue weighted by Gasteiger charge is 2.42. The number of alkyl halides is 3. The van der Waals surface area contributed by atoms with Crippen LogP contribution in [-0.2, 0) is 18.3 Å². The highest BCUT2D eigenvalue weighted by atomic mass is 79.9. The van der Waals surface area contributed by atoms with Gasteiger partial charge in [0, 0.05) is 10.0 Å². The van der Waals surface area contributed by atoms with Crippen LogP contribution in [0, 0.1) is 5.82 Å². The predicted octanol–water partition coefficient (Wildman–Crippen LogP) is 3.44. The van der Waals surface area contributed by atoms with Gasteiger partial charge in [-0.05, 0) is 31.2 Å². The van der Waals surface area contributed by atoms with Gasteiger partial charge in [0.1, 0.15) is 17.2 Å². The molecular weight excluding hydrogens is 380 g/mol. The quantitative estimate of drug-likeness (QED) is 0.758. The lowest BCUT2D eigenvalue weighted by molar-refractivity contribution is -0.141. The smallest absolute Gasteiger partial charge is 0.386 e. The summed E-state index contributed by atoms with van der Waals surface area (Å²) in [5, 5.41) is 3.54. The van der Waals surface area contributed by atoms with Crippen molar-refractivity contribution in [1.82, 2.24) is 9.78 Å². The van der Waals surface area contributed by atoms with Crippen molar-refractivity contribution in [3.63, 3.8) is 0 Å². The lowest BCUT2D eigenvalue weighted by Gasteiger charge is -2.31. The molecule has 4 nitrogen and oxygen atoms in total. The summed E-state index contributed by atoms with van der Waals surface area (Å²) >= 11 is 3.23. The first kappa shape index (κ1) is 16.0. The van der Waals surface area contributed by atoms with Crippen LogP contribution < -0.4 is 5.73 Å². The first-order chi connectivity index (χ1) is 10.6. The Balaban J connectivity index is 2.25. The first-order valence-corrected chi connectivity index (χ1v) is 7.36. The lowest BCUT2D eigenvalue weighted by atomic mass is 9.87. The number of hydrogen-bond acceptors (Lipinski definition) is 3. The van der Waals surface area contributed by atoms with E-state index in [1.54, 1.807) is 0 Å². The second-order valence-corrected chi connectivity index (χ2v) is 6.29. The van der Waals surface area contributed by atoms with Gasteiger partial charge in [0.05, 0.1) is 12.2 Å². The molecule has 0 aliphatic carbocycles. The average molecular weight is 391 g/mol. The minimum absolute atomic E-state index is 0.0728. The Morgan fingerprint density at radius 2 is 2.00 bits per heavy atom. The molecule has 1 aromatic heterocycles. The second kappa shape index (κ2) is 5.05. The van der Waals surface area contributed by atoms with Crippen molar-refractivity contribution in [3.8, 4) is 0 Å². The van der Waals surface area contributed by atoms with E-state index in [0.717, 1.165) is 10.7 Å². The Hall–Kier alpha value is -1.90. The van der Waals surface area contributed by atoms with Crippen molar-refractivity contribution in [2.24, 2.45) is 10.7 Å². The van der Waals surface area contributed by atoms with Crippen LogP contribution in [0.15, 0.2) is 33.7 Å². The van der Waals surface area contributed by atoms with Gasteiger partial charge in [-0.25, -0.2) is 4.39 Å². The molecule has 2 N–H and O–H groups in total. The van der Waals surface area contributed by atoms with Crippen LogP contribution >= 0.6 is 15.9 Å². The van der Waals surface area contributed by atoms with Gasteiger partial charge < -0.3 is 5.73 Å². The van der Waals surface area contributed by atoms with E-state index in [9.17, 15) is 17.6 Å². The minimum atomic E-state index is -4.60. The van der Waals surface area contributed by atoms with Gasteiger partial charge in [-0.2, -0.15) is 18.3 Å². The summed E-state index contributed by atoms with van der Waals surface area (Å²) in [6.45, 7) is 1.44. The van der Waals surface area contributed by atoms with E-state index < -0.39 is 23.2 Å². The summed E-state index contributed by atoms with van der Waals surface area (Å²) in [4.78, 5) is 4.23. The van der Waals surface area contributed by atoms with Gasteiger partial charge in [0.2, 0.25) is 0 Å². The fraction of sp³-hybridized carbons (Fsp3) is 0.286. The summed E-state index contributed by atoms with van der Waals surface area (Å²) in [5.41, 5.74) is 3.54. The van der Waals surface area contributed by atoms with E-state index in [4.69, 9.17) is 5.73 Å². The maximum Gasteiger partial charge on any atom is 0.435 e. The fourth-order valence-corrected chi connectivity index (χ4v) is 3.03. The number of fused-ring (bicyclic) bond motifs is 1. The van der Waals surface area contributed by atoms with Crippen LogP contribution in [0.4, 0.5) is 17.6 Å². The molecule has 0 fully saturated rings. The number of rotatable bonds is 1. The molecule has 0 amide bonds. The molecule has 2 aromatic rings. The molecule has 3 rings (SSSR count). The number of halogens is 5. The molecule has 122 valence electrons. The molecule has 0 radical (unpaired) electrons. The zero-order chi connectivity index (χ0) is 17.0. The first-order valence-electron chi connectivity index (χ1n) is 6.56. The topological polar surface area (TPSA) is 56.2 Å². The molecule has 0 saturated carbocycles.